The minimum Gasteiger partial charge on any atom is -0.398 e. The van der Waals surface area contributed by atoms with Crippen molar-refractivity contribution in [3.8, 4) is 0 Å². The molecule has 3 N–H and O–H groups in total. The van der Waals surface area contributed by atoms with Gasteiger partial charge in [-0.05, 0) is 25.5 Å². The van der Waals surface area contributed by atoms with Crippen LogP contribution in [0, 0.1) is 0 Å². The van der Waals surface area contributed by atoms with Gasteiger partial charge in [0.05, 0.1) is 0 Å². The summed E-state index contributed by atoms with van der Waals surface area (Å²) in [4.78, 5) is 4.07. The van der Waals surface area contributed by atoms with Crippen LogP contribution in [-0.2, 0) is 0 Å². The van der Waals surface area contributed by atoms with E-state index in [0.717, 1.165) is 17.8 Å². The molecule has 0 spiro atoms. The minimum absolute atomic E-state index is 0.429. The van der Waals surface area contributed by atoms with Crippen molar-refractivity contribution in [2.24, 2.45) is 0 Å². The molecular weight excluding hydrogens is 150 g/mol. The summed E-state index contributed by atoms with van der Waals surface area (Å²) >= 11 is 0. The Morgan fingerprint density at radius 1 is 1.58 bits per heavy atom. The quantitative estimate of drug-likeness (QED) is 0.651. The highest BCUT2D eigenvalue weighted by Gasteiger charge is 2.17. The zero-order valence-corrected chi connectivity index (χ0v) is 6.96. The van der Waals surface area contributed by atoms with Gasteiger partial charge in [0, 0.05) is 29.7 Å². The molecule has 64 valence electrons. The van der Waals surface area contributed by atoms with Crippen LogP contribution in [0.3, 0.4) is 0 Å². The highest BCUT2D eigenvalue weighted by Crippen LogP contribution is 2.26. The van der Waals surface area contributed by atoms with Crippen LogP contribution >= 0.6 is 0 Å². The maximum Gasteiger partial charge on any atom is 0.0393 e. The first kappa shape index (κ1) is 7.55. The number of anilines is 1. The van der Waals surface area contributed by atoms with Gasteiger partial charge in [-0.15, -0.1) is 0 Å². The molecule has 1 unspecified atom stereocenters. The van der Waals surface area contributed by atoms with Crippen LogP contribution < -0.4 is 11.1 Å². The van der Waals surface area contributed by atoms with Crippen molar-refractivity contribution in [2.45, 2.75) is 18.9 Å². The SMILES string of the molecule is Nc1ccncc1C1CCCN1. The molecule has 0 aromatic carbocycles. The third-order valence-corrected chi connectivity index (χ3v) is 2.32. The number of nitrogens with two attached hydrogens (primary N) is 1. The van der Waals surface area contributed by atoms with E-state index in [0.29, 0.717) is 6.04 Å². The van der Waals surface area contributed by atoms with Crippen LogP contribution in [0.5, 0.6) is 0 Å². The normalized spacial score (nSPS) is 22.8. The number of hydrogen-bond donors (Lipinski definition) is 2. The molecule has 0 aliphatic carbocycles. The maximum absolute atomic E-state index is 5.82. The van der Waals surface area contributed by atoms with E-state index >= 15 is 0 Å². The third kappa shape index (κ3) is 1.28. The largest absolute Gasteiger partial charge is 0.398 e. The number of hydrogen-bond acceptors (Lipinski definition) is 3. The van der Waals surface area contributed by atoms with Crippen molar-refractivity contribution >= 4 is 5.69 Å². The van der Waals surface area contributed by atoms with E-state index in [1.165, 1.54) is 12.8 Å². The van der Waals surface area contributed by atoms with Gasteiger partial charge in [0.1, 0.15) is 0 Å². The Morgan fingerprint density at radius 3 is 3.17 bits per heavy atom. The van der Waals surface area contributed by atoms with Gasteiger partial charge < -0.3 is 11.1 Å². The second kappa shape index (κ2) is 3.11. The molecule has 1 atom stereocenters. The molecule has 0 amide bonds. The fraction of sp³-hybridized carbons (Fsp3) is 0.444. The fourth-order valence-electron chi connectivity index (χ4n) is 1.66. The van der Waals surface area contributed by atoms with Crippen LogP contribution in [0.15, 0.2) is 18.5 Å². The second-order valence-electron chi connectivity index (χ2n) is 3.15. The first-order valence-electron chi connectivity index (χ1n) is 4.30. The summed E-state index contributed by atoms with van der Waals surface area (Å²) in [5.41, 5.74) is 7.82. The summed E-state index contributed by atoms with van der Waals surface area (Å²) in [6.45, 7) is 1.10. The number of aromatic nitrogens is 1. The number of nitrogens with zero attached hydrogens (tertiary/aromatic N) is 1. The molecule has 0 bridgehead atoms. The average Bonchev–Trinajstić information content (AvgIpc) is 2.57. The molecule has 0 saturated carbocycles. The van der Waals surface area contributed by atoms with Crippen molar-refractivity contribution in [1.82, 2.24) is 10.3 Å². The van der Waals surface area contributed by atoms with E-state index in [1.54, 1.807) is 6.20 Å². The molecule has 0 radical (unpaired) electrons. The zero-order chi connectivity index (χ0) is 8.39. The molecule has 2 rings (SSSR count). The lowest BCUT2D eigenvalue weighted by Gasteiger charge is -2.11. The summed E-state index contributed by atoms with van der Waals surface area (Å²) in [6, 6.07) is 2.29. The summed E-state index contributed by atoms with van der Waals surface area (Å²) in [5, 5.41) is 3.39. The van der Waals surface area contributed by atoms with Crippen LogP contribution in [0.2, 0.25) is 0 Å². The monoisotopic (exact) mass is 163 g/mol. The Kier molecular flexibility index (Phi) is 1.96. The van der Waals surface area contributed by atoms with E-state index in [1.807, 2.05) is 12.3 Å². The lowest BCUT2D eigenvalue weighted by molar-refractivity contribution is 0.647. The minimum atomic E-state index is 0.429. The van der Waals surface area contributed by atoms with Crippen molar-refractivity contribution in [1.29, 1.82) is 0 Å². The summed E-state index contributed by atoms with van der Waals surface area (Å²) < 4.78 is 0. The topological polar surface area (TPSA) is 50.9 Å². The van der Waals surface area contributed by atoms with Crippen LogP contribution in [0.25, 0.3) is 0 Å². The standard InChI is InChI=1S/C9H13N3/c10-8-3-5-11-6-7(8)9-2-1-4-12-9/h3,5-6,9,12H,1-2,4H2,(H2,10,11). The molecule has 1 aromatic rings. The highest BCUT2D eigenvalue weighted by molar-refractivity contribution is 5.46. The number of pyridine rings is 1. The van der Waals surface area contributed by atoms with Crippen molar-refractivity contribution in [3.05, 3.63) is 24.0 Å². The molecule has 3 nitrogen and oxygen atoms in total. The maximum atomic E-state index is 5.82. The smallest absolute Gasteiger partial charge is 0.0393 e. The molecule has 1 fully saturated rings. The van der Waals surface area contributed by atoms with Gasteiger partial charge in [0.15, 0.2) is 0 Å². The van der Waals surface area contributed by atoms with Crippen molar-refractivity contribution < 1.29 is 0 Å². The van der Waals surface area contributed by atoms with E-state index in [-0.39, 0.29) is 0 Å². The van der Waals surface area contributed by atoms with E-state index in [2.05, 4.69) is 10.3 Å². The Bertz CT molecular complexity index is 266. The number of nitrogen functional groups attached to an aromatic ring is 1. The van der Waals surface area contributed by atoms with Gasteiger partial charge in [-0.3, -0.25) is 4.98 Å². The second-order valence-corrected chi connectivity index (χ2v) is 3.15. The molecule has 3 heteroatoms. The third-order valence-electron chi connectivity index (χ3n) is 2.32. The van der Waals surface area contributed by atoms with E-state index in [4.69, 9.17) is 5.73 Å². The molecule has 1 aliphatic heterocycles. The van der Waals surface area contributed by atoms with Crippen LogP contribution in [0.1, 0.15) is 24.4 Å². The lowest BCUT2D eigenvalue weighted by Crippen LogP contribution is -2.14. The van der Waals surface area contributed by atoms with Crippen LogP contribution in [-0.4, -0.2) is 11.5 Å². The number of rotatable bonds is 1. The first-order chi connectivity index (χ1) is 5.88. The van der Waals surface area contributed by atoms with E-state index in [9.17, 15) is 0 Å². The van der Waals surface area contributed by atoms with Gasteiger partial charge >= 0.3 is 0 Å². The molecular formula is C9H13N3. The zero-order valence-electron chi connectivity index (χ0n) is 6.96. The predicted molar refractivity (Wildman–Crippen MR) is 48.6 cm³/mol. The Morgan fingerprint density at radius 2 is 2.50 bits per heavy atom. The highest BCUT2D eigenvalue weighted by atomic mass is 14.9. The Labute approximate surface area is 72.0 Å². The van der Waals surface area contributed by atoms with Gasteiger partial charge in [0.2, 0.25) is 0 Å². The molecule has 1 aliphatic rings. The average molecular weight is 163 g/mol. The fourth-order valence-corrected chi connectivity index (χ4v) is 1.66. The van der Waals surface area contributed by atoms with Gasteiger partial charge in [-0.2, -0.15) is 0 Å². The molecule has 12 heavy (non-hydrogen) atoms. The van der Waals surface area contributed by atoms with Crippen molar-refractivity contribution in [3.63, 3.8) is 0 Å². The summed E-state index contributed by atoms with van der Waals surface area (Å²) in [5.74, 6) is 0. The lowest BCUT2D eigenvalue weighted by atomic mass is 10.1. The van der Waals surface area contributed by atoms with Gasteiger partial charge in [-0.25, -0.2) is 0 Å². The van der Waals surface area contributed by atoms with Crippen LogP contribution in [0.4, 0.5) is 5.69 Å². The molecule has 1 saturated heterocycles. The van der Waals surface area contributed by atoms with Gasteiger partial charge in [-0.1, -0.05) is 0 Å². The summed E-state index contributed by atoms with van der Waals surface area (Å²) in [7, 11) is 0. The summed E-state index contributed by atoms with van der Waals surface area (Å²) in [6.07, 6.45) is 6.00. The molecule has 2 heterocycles. The predicted octanol–water partition coefficient (Wildman–Crippen LogP) is 1.09. The first-order valence-corrected chi connectivity index (χ1v) is 4.30. The van der Waals surface area contributed by atoms with E-state index < -0.39 is 0 Å². The molecule has 1 aromatic heterocycles. The number of nitrogens with one attached hydrogen (secondary N) is 1. The van der Waals surface area contributed by atoms with Gasteiger partial charge in [0.25, 0.3) is 0 Å². The Balaban J connectivity index is 2.26. The van der Waals surface area contributed by atoms with Crippen molar-refractivity contribution in [2.75, 3.05) is 12.3 Å². The Hall–Kier alpha value is -1.09.